The molecule has 1 unspecified atom stereocenters. The zero-order valence-corrected chi connectivity index (χ0v) is 11.6. The van der Waals surface area contributed by atoms with E-state index in [2.05, 4.69) is 41.7 Å². The zero-order chi connectivity index (χ0) is 13.8. The summed E-state index contributed by atoms with van der Waals surface area (Å²) in [4.78, 5) is 0. The quantitative estimate of drug-likeness (QED) is 0.890. The van der Waals surface area contributed by atoms with Gasteiger partial charge in [0, 0.05) is 6.04 Å². The number of rotatable bonds is 4. The van der Waals surface area contributed by atoms with E-state index in [1.54, 1.807) is 0 Å². The maximum atomic E-state index is 9.70. The van der Waals surface area contributed by atoms with Gasteiger partial charge in [-0.15, -0.1) is 0 Å². The second-order valence-corrected chi connectivity index (χ2v) is 5.46. The number of hydrogen-bond donors (Lipinski definition) is 2. The van der Waals surface area contributed by atoms with Crippen LogP contribution >= 0.6 is 0 Å². The van der Waals surface area contributed by atoms with Gasteiger partial charge in [0.05, 0.1) is 12.6 Å². The monoisotopic (exact) mass is 267 g/mol. The Morgan fingerprint density at radius 3 is 2.60 bits per heavy atom. The molecule has 1 aliphatic rings. The smallest absolute Gasteiger partial charge is 0.0626 e. The Morgan fingerprint density at radius 2 is 1.80 bits per heavy atom. The van der Waals surface area contributed by atoms with Crippen LogP contribution in [0.5, 0.6) is 0 Å². The molecule has 0 aromatic heterocycles. The molecule has 0 heterocycles. The molecular weight excluding hydrogens is 246 g/mol. The Balaban J connectivity index is 1.81. The van der Waals surface area contributed by atoms with Gasteiger partial charge in [0.25, 0.3) is 0 Å². The van der Waals surface area contributed by atoms with Gasteiger partial charge in [-0.2, -0.15) is 0 Å². The van der Waals surface area contributed by atoms with E-state index in [0.717, 1.165) is 12.0 Å². The van der Waals surface area contributed by atoms with E-state index >= 15 is 0 Å². The molecule has 0 spiro atoms. The van der Waals surface area contributed by atoms with Gasteiger partial charge in [0.15, 0.2) is 0 Å². The van der Waals surface area contributed by atoms with E-state index in [0.29, 0.717) is 6.04 Å². The summed E-state index contributed by atoms with van der Waals surface area (Å²) >= 11 is 0. The Labute approximate surface area is 120 Å². The number of aryl methyl sites for hydroxylation is 1. The van der Waals surface area contributed by atoms with Crippen molar-refractivity contribution in [3.05, 3.63) is 71.3 Å². The van der Waals surface area contributed by atoms with Crippen molar-refractivity contribution in [2.45, 2.75) is 31.3 Å². The highest BCUT2D eigenvalue weighted by Gasteiger charge is 2.22. The Hall–Kier alpha value is -1.64. The summed E-state index contributed by atoms with van der Waals surface area (Å²) in [6.07, 6.45) is 3.52. The lowest BCUT2D eigenvalue weighted by atomic mass is 9.87. The summed E-state index contributed by atoms with van der Waals surface area (Å²) in [5.41, 5.74) is 3.99. The maximum Gasteiger partial charge on any atom is 0.0626 e. The molecule has 0 bridgehead atoms. The highest BCUT2D eigenvalue weighted by Crippen LogP contribution is 2.31. The molecule has 3 rings (SSSR count). The van der Waals surface area contributed by atoms with Crippen molar-refractivity contribution in [2.75, 3.05) is 6.61 Å². The van der Waals surface area contributed by atoms with Gasteiger partial charge >= 0.3 is 0 Å². The van der Waals surface area contributed by atoms with E-state index in [-0.39, 0.29) is 12.6 Å². The summed E-state index contributed by atoms with van der Waals surface area (Å²) in [5.74, 6) is 0. The van der Waals surface area contributed by atoms with Crippen molar-refractivity contribution in [3.8, 4) is 0 Å². The summed E-state index contributed by atoms with van der Waals surface area (Å²) in [7, 11) is 0. The number of aliphatic hydroxyl groups excluding tert-OH is 1. The van der Waals surface area contributed by atoms with Gasteiger partial charge in [0.1, 0.15) is 0 Å². The standard InChI is InChI=1S/C18H21NO/c20-13-18(15-8-2-1-3-9-15)19-17-12-6-10-14-7-4-5-11-16(14)17/h1-5,7-9,11,17-20H,6,10,12-13H2/t17?,18-/m1/s1. The number of benzene rings is 2. The summed E-state index contributed by atoms with van der Waals surface area (Å²) in [6.45, 7) is 0.128. The summed E-state index contributed by atoms with van der Waals surface area (Å²) in [5, 5.41) is 13.3. The van der Waals surface area contributed by atoms with Crippen LogP contribution in [0.15, 0.2) is 54.6 Å². The molecule has 20 heavy (non-hydrogen) atoms. The molecule has 0 saturated heterocycles. The zero-order valence-electron chi connectivity index (χ0n) is 11.6. The number of hydrogen-bond acceptors (Lipinski definition) is 2. The molecule has 2 N–H and O–H groups in total. The second kappa shape index (κ2) is 6.21. The highest BCUT2D eigenvalue weighted by atomic mass is 16.3. The third kappa shape index (κ3) is 2.77. The molecule has 1 aliphatic carbocycles. The predicted molar refractivity (Wildman–Crippen MR) is 81.5 cm³/mol. The van der Waals surface area contributed by atoms with Crippen molar-refractivity contribution in [3.63, 3.8) is 0 Å². The van der Waals surface area contributed by atoms with E-state index in [1.807, 2.05) is 18.2 Å². The SMILES string of the molecule is OC[C@@H](NC1CCCc2ccccc21)c1ccccc1. The third-order valence-electron chi connectivity index (χ3n) is 4.16. The minimum atomic E-state index is 0.00681. The van der Waals surface area contributed by atoms with Crippen molar-refractivity contribution in [1.29, 1.82) is 0 Å². The second-order valence-electron chi connectivity index (χ2n) is 5.46. The fraction of sp³-hybridized carbons (Fsp3) is 0.333. The first kappa shape index (κ1) is 13.3. The van der Waals surface area contributed by atoms with Crippen LogP contribution in [0.2, 0.25) is 0 Å². The highest BCUT2D eigenvalue weighted by molar-refractivity contribution is 5.32. The van der Waals surface area contributed by atoms with Gasteiger partial charge in [-0.1, -0.05) is 54.6 Å². The van der Waals surface area contributed by atoms with Crippen LogP contribution in [0.1, 0.15) is 41.6 Å². The molecule has 0 fully saturated rings. The van der Waals surface area contributed by atoms with Crippen LogP contribution < -0.4 is 5.32 Å². The average Bonchev–Trinajstić information content (AvgIpc) is 2.53. The number of aliphatic hydroxyl groups is 1. The summed E-state index contributed by atoms with van der Waals surface area (Å²) < 4.78 is 0. The summed E-state index contributed by atoms with van der Waals surface area (Å²) in [6, 6.07) is 19.2. The van der Waals surface area contributed by atoms with Crippen LogP contribution in [0.4, 0.5) is 0 Å². The van der Waals surface area contributed by atoms with Crippen LogP contribution in [0.3, 0.4) is 0 Å². The normalized spacial score (nSPS) is 19.4. The molecule has 2 atom stereocenters. The van der Waals surface area contributed by atoms with Crippen LogP contribution in [-0.4, -0.2) is 11.7 Å². The topological polar surface area (TPSA) is 32.3 Å². The first-order valence-electron chi connectivity index (χ1n) is 7.38. The number of fused-ring (bicyclic) bond motifs is 1. The number of nitrogens with one attached hydrogen (secondary N) is 1. The molecule has 0 aliphatic heterocycles. The van der Waals surface area contributed by atoms with Crippen LogP contribution in [0.25, 0.3) is 0 Å². The minimum absolute atomic E-state index is 0.00681. The first-order chi connectivity index (χ1) is 9.88. The Bertz CT molecular complexity index is 552. The molecule has 2 aromatic carbocycles. The molecular formula is C18H21NO. The molecule has 2 aromatic rings. The van der Waals surface area contributed by atoms with Crippen molar-refractivity contribution in [2.24, 2.45) is 0 Å². The van der Waals surface area contributed by atoms with Crippen molar-refractivity contribution in [1.82, 2.24) is 5.32 Å². The lowest BCUT2D eigenvalue weighted by molar-refractivity contribution is 0.228. The van der Waals surface area contributed by atoms with E-state index in [9.17, 15) is 5.11 Å². The fourth-order valence-electron chi connectivity index (χ4n) is 3.11. The van der Waals surface area contributed by atoms with Gasteiger partial charge < -0.3 is 10.4 Å². The average molecular weight is 267 g/mol. The molecule has 0 saturated carbocycles. The molecule has 2 nitrogen and oxygen atoms in total. The maximum absolute atomic E-state index is 9.70. The van der Waals surface area contributed by atoms with E-state index < -0.39 is 0 Å². The molecule has 2 heteroatoms. The van der Waals surface area contributed by atoms with Crippen molar-refractivity contribution >= 4 is 0 Å². The molecule has 104 valence electrons. The Morgan fingerprint density at radius 1 is 1.05 bits per heavy atom. The van der Waals surface area contributed by atoms with E-state index in [4.69, 9.17) is 0 Å². The lowest BCUT2D eigenvalue weighted by Crippen LogP contribution is -2.31. The van der Waals surface area contributed by atoms with Crippen LogP contribution in [0, 0.1) is 0 Å². The largest absolute Gasteiger partial charge is 0.394 e. The van der Waals surface area contributed by atoms with Gasteiger partial charge in [-0.3, -0.25) is 0 Å². The first-order valence-corrected chi connectivity index (χ1v) is 7.38. The van der Waals surface area contributed by atoms with Gasteiger partial charge in [-0.05, 0) is 36.0 Å². The van der Waals surface area contributed by atoms with Gasteiger partial charge in [-0.25, -0.2) is 0 Å². The van der Waals surface area contributed by atoms with Crippen molar-refractivity contribution < 1.29 is 5.11 Å². The Kier molecular flexibility index (Phi) is 4.14. The minimum Gasteiger partial charge on any atom is -0.394 e. The van der Waals surface area contributed by atoms with Crippen LogP contribution in [-0.2, 0) is 6.42 Å². The molecule has 0 amide bonds. The third-order valence-corrected chi connectivity index (χ3v) is 4.16. The lowest BCUT2D eigenvalue weighted by Gasteiger charge is -2.30. The molecule has 0 radical (unpaired) electrons. The fourth-order valence-corrected chi connectivity index (χ4v) is 3.11. The van der Waals surface area contributed by atoms with E-state index in [1.165, 1.54) is 24.0 Å². The van der Waals surface area contributed by atoms with Gasteiger partial charge in [0.2, 0.25) is 0 Å². The predicted octanol–water partition coefficient (Wildman–Crippen LogP) is 3.39.